The monoisotopic (exact) mass is 341 g/mol. The van der Waals surface area contributed by atoms with E-state index in [1.54, 1.807) is 0 Å². The summed E-state index contributed by atoms with van der Waals surface area (Å²) in [6.45, 7) is 1.67. The van der Waals surface area contributed by atoms with Crippen LogP contribution in [0, 0.1) is 0 Å². The molecule has 3 aromatic rings. The summed E-state index contributed by atoms with van der Waals surface area (Å²) < 4.78 is 0. The molecule has 0 bridgehead atoms. The zero-order valence-corrected chi connectivity index (χ0v) is 14.1. The van der Waals surface area contributed by atoms with Gasteiger partial charge in [0.2, 0.25) is 0 Å². The van der Waals surface area contributed by atoms with E-state index in [2.05, 4.69) is 29.6 Å². The molecular formula is C20H17Cl2N. The van der Waals surface area contributed by atoms with Gasteiger partial charge in [-0.1, -0.05) is 71.7 Å². The second-order valence-corrected chi connectivity index (χ2v) is 6.31. The van der Waals surface area contributed by atoms with Crippen LogP contribution in [0.25, 0.3) is 11.1 Å². The van der Waals surface area contributed by atoms with Gasteiger partial charge in [0, 0.05) is 23.1 Å². The average molecular weight is 342 g/mol. The van der Waals surface area contributed by atoms with Crippen molar-refractivity contribution in [3.05, 3.63) is 94.0 Å². The standard InChI is InChI=1S/C20H17Cl2N/c21-19-9-3-16(4-10-19)14-23-13-15-1-5-17(6-2-15)18-7-11-20(22)12-8-18/h1-12,23H,13-14H2. The van der Waals surface area contributed by atoms with Crippen LogP contribution in [0.5, 0.6) is 0 Å². The third-order valence-corrected chi connectivity index (χ3v) is 4.21. The van der Waals surface area contributed by atoms with E-state index >= 15 is 0 Å². The second-order valence-electron chi connectivity index (χ2n) is 5.43. The Kier molecular flexibility index (Phi) is 5.35. The molecule has 0 saturated carbocycles. The Bertz CT molecular complexity index is 747. The smallest absolute Gasteiger partial charge is 0.0406 e. The van der Waals surface area contributed by atoms with Crippen LogP contribution in [0.2, 0.25) is 10.0 Å². The van der Waals surface area contributed by atoms with E-state index in [-0.39, 0.29) is 0 Å². The number of rotatable bonds is 5. The molecule has 3 rings (SSSR count). The molecule has 0 aromatic heterocycles. The Hall–Kier alpha value is -1.80. The van der Waals surface area contributed by atoms with Gasteiger partial charge in [-0.05, 0) is 46.5 Å². The predicted octanol–water partition coefficient (Wildman–Crippen LogP) is 5.95. The van der Waals surface area contributed by atoms with Crippen LogP contribution in [0.3, 0.4) is 0 Å². The van der Waals surface area contributed by atoms with E-state index in [1.165, 1.54) is 22.3 Å². The largest absolute Gasteiger partial charge is 0.309 e. The van der Waals surface area contributed by atoms with Gasteiger partial charge >= 0.3 is 0 Å². The number of hydrogen-bond acceptors (Lipinski definition) is 1. The van der Waals surface area contributed by atoms with Crippen molar-refractivity contribution in [3.8, 4) is 11.1 Å². The maximum atomic E-state index is 5.93. The summed E-state index contributed by atoms with van der Waals surface area (Å²) in [5, 5.41) is 4.97. The van der Waals surface area contributed by atoms with Gasteiger partial charge < -0.3 is 5.32 Å². The van der Waals surface area contributed by atoms with Crippen molar-refractivity contribution in [1.29, 1.82) is 0 Å². The lowest BCUT2D eigenvalue weighted by Gasteiger charge is -2.07. The second kappa shape index (κ2) is 7.65. The molecular weight excluding hydrogens is 325 g/mol. The van der Waals surface area contributed by atoms with Gasteiger partial charge in [-0.15, -0.1) is 0 Å². The Morgan fingerprint density at radius 1 is 0.522 bits per heavy atom. The average Bonchev–Trinajstić information content (AvgIpc) is 2.58. The third-order valence-electron chi connectivity index (χ3n) is 3.70. The van der Waals surface area contributed by atoms with Crippen molar-refractivity contribution in [2.75, 3.05) is 0 Å². The molecule has 0 aliphatic heterocycles. The van der Waals surface area contributed by atoms with E-state index in [0.717, 1.165) is 23.1 Å². The number of hydrogen-bond donors (Lipinski definition) is 1. The fourth-order valence-corrected chi connectivity index (χ4v) is 2.66. The van der Waals surface area contributed by atoms with Gasteiger partial charge in [-0.25, -0.2) is 0 Å². The lowest BCUT2D eigenvalue weighted by molar-refractivity contribution is 0.693. The molecule has 0 amide bonds. The molecule has 3 heteroatoms. The Morgan fingerprint density at radius 2 is 0.870 bits per heavy atom. The van der Waals surface area contributed by atoms with Crippen LogP contribution in [0.1, 0.15) is 11.1 Å². The van der Waals surface area contributed by atoms with E-state index in [4.69, 9.17) is 23.2 Å². The molecule has 0 saturated heterocycles. The minimum absolute atomic E-state index is 0.761. The third kappa shape index (κ3) is 4.59. The molecule has 23 heavy (non-hydrogen) atoms. The molecule has 0 aliphatic carbocycles. The lowest BCUT2D eigenvalue weighted by atomic mass is 10.0. The van der Waals surface area contributed by atoms with Crippen molar-refractivity contribution in [2.45, 2.75) is 13.1 Å². The molecule has 0 heterocycles. The highest BCUT2D eigenvalue weighted by atomic mass is 35.5. The van der Waals surface area contributed by atoms with Crippen molar-refractivity contribution < 1.29 is 0 Å². The molecule has 116 valence electrons. The summed E-state index contributed by atoms with van der Waals surface area (Å²) in [4.78, 5) is 0. The summed E-state index contributed by atoms with van der Waals surface area (Å²) in [5.41, 5.74) is 4.86. The van der Waals surface area contributed by atoms with Gasteiger partial charge in [0.1, 0.15) is 0 Å². The zero-order valence-electron chi connectivity index (χ0n) is 12.6. The highest BCUT2D eigenvalue weighted by molar-refractivity contribution is 6.30. The van der Waals surface area contributed by atoms with Gasteiger partial charge in [-0.3, -0.25) is 0 Å². The van der Waals surface area contributed by atoms with Crippen molar-refractivity contribution in [1.82, 2.24) is 5.32 Å². The SMILES string of the molecule is Clc1ccc(CNCc2ccc(-c3ccc(Cl)cc3)cc2)cc1. The van der Waals surface area contributed by atoms with Gasteiger partial charge in [0.15, 0.2) is 0 Å². The Balaban J connectivity index is 1.57. The summed E-state index contributed by atoms with van der Waals surface area (Å²) in [6.07, 6.45) is 0. The fourth-order valence-electron chi connectivity index (χ4n) is 2.41. The first-order valence-corrected chi connectivity index (χ1v) is 8.26. The molecule has 3 aromatic carbocycles. The van der Waals surface area contributed by atoms with Crippen LogP contribution in [0.4, 0.5) is 0 Å². The van der Waals surface area contributed by atoms with Crippen molar-refractivity contribution >= 4 is 23.2 Å². The summed E-state index contributed by atoms with van der Waals surface area (Å²) in [5.74, 6) is 0. The number of nitrogens with one attached hydrogen (secondary N) is 1. The molecule has 1 N–H and O–H groups in total. The topological polar surface area (TPSA) is 12.0 Å². The normalized spacial score (nSPS) is 10.7. The molecule has 0 fully saturated rings. The minimum Gasteiger partial charge on any atom is -0.309 e. The molecule has 0 aliphatic rings. The minimum atomic E-state index is 0.761. The maximum Gasteiger partial charge on any atom is 0.0406 e. The summed E-state index contributed by atoms with van der Waals surface area (Å²) >= 11 is 11.8. The summed E-state index contributed by atoms with van der Waals surface area (Å²) in [6, 6.07) is 24.4. The van der Waals surface area contributed by atoms with Crippen LogP contribution in [-0.2, 0) is 13.1 Å². The number of benzene rings is 3. The highest BCUT2D eigenvalue weighted by Crippen LogP contribution is 2.21. The molecule has 1 nitrogen and oxygen atoms in total. The van der Waals surface area contributed by atoms with Crippen LogP contribution < -0.4 is 5.32 Å². The molecule has 0 unspecified atom stereocenters. The zero-order chi connectivity index (χ0) is 16.1. The highest BCUT2D eigenvalue weighted by Gasteiger charge is 1.99. The van der Waals surface area contributed by atoms with Crippen molar-refractivity contribution in [3.63, 3.8) is 0 Å². The Morgan fingerprint density at radius 3 is 1.35 bits per heavy atom. The lowest BCUT2D eigenvalue weighted by Crippen LogP contribution is -2.12. The molecule has 0 atom stereocenters. The van der Waals surface area contributed by atoms with Gasteiger partial charge in [0.05, 0.1) is 0 Å². The van der Waals surface area contributed by atoms with E-state index in [1.807, 2.05) is 48.5 Å². The van der Waals surface area contributed by atoms with Gasteiger partial charge in [-0.2, -0.15) is 0 Å². The van der Waals surface area contributed by atoms with E-state index in [0.29, 0.717) is 0 Å². The first kappa shape index (κ1) is 16.1. The van der Waals surface area contributed by atoms with Crippen LogP contribution in [0.15, 0.2) is 72.8 Å². The summed E-state index contributed by atoms with van der Waals surface area (Å²) in [7, 11) is 0. The fraction of sp³-hybridized carbons (Fsp3) is 0.100. The van der Waals surface area contributed by atoms with Crippen LogP contribution >= 0.6 is 23.2 Å². The first-order valence-electron chi connectivity index (χ1n) is 7.51. The van der Waals surface area contributed by atoms with Gasteiger partial charge in [0.25, 0.3) is 0 Å². The Labute approximate surface area is 146 Å². The molecule has 0 radical (unpaired) electrons. The predicted molar refractivity (Wildman–Crippen MR) is 98.9 cm³/mol. The van der Waals surface area contributed by atoms with E-state index < -0.39 is 0 Å². The van der Waals surface area contributed by atoms with Crippen LogP contribution in [-0.4, -0.2) is 0 Å². The number of halogens is 2. The quantitative estimate of drug-likeness (QED) is 0.604. The molecule has 0 spiro atoms. The maximum absolute atomic E-state index is 5.93. The van der Waals surface area contributed by atoms with E-state index in [9.17, 15) is 0 Å². The first-order chi connectivity index (χ1) is 11.2. The van der Waals surface area contributed by atoms with Crippen molar-refractivity contribution in [2.24, 2.45) is 0 Å².